The molecule has 8 heteroatoms. The molecule has 0 aromatic heterocycles. The van der Waals surface area contributed by atoms with Crippen LogP contribution in [0.4, 0.5) is 5.69 Å². The number of rotatable bonds is 10. The lowest BCUT2D eigenvalue weighted by Gasteiger charge is -2.13. The van der Waals surface area contributed by atoms with Crippen LogP contribution >= 0.6 is 12.4 Å². The second-order valence-corrected chi connectivity index (χ2v) is 6.62. The Morgan fingerprint density at radius 1 is 1.12 bits per heavy atom. The molecular formula is C18H26ClN3O4. The van der Waals surface area contributed by atoms with Gasteiger partial charge in [-0.25, -0.2) is 0 Å². The van der Waals surface area contributed by atoms with Gasteiger partial charge in [0.05, 0.1) is 13.7 Å². The molecule has 1 aromatic carbocycles. The van der Waals surface area contributed by atoms with Crippen molar-refractivity contribution in [3.8, 4) is 11.5 Å². The first-order chi connectivity index (χ1) is 12.1. The lowest BCUT2D eigenvalue weighted by atomic mass is 10.2. The average molecular weight is 384 g/mol. The highest BCUT2D eigenvalue weighted by atomic mass is 35.5. The van der Waals surface area contributed by atoms with Gasteiger partial charge < -0.3 is 25.4 Å². The van der Waals surface area contributed by atoms with Gasteiger partial charge in [0.25, 0.3) is 5.91 Å². The van der Waals surface area contributed by atoms with E-state index in [0.717, 1.165) is 25.3 Å². The Kier molecular flexibility index (Phi) is 7.53. The summed E-state index contributed by atoms with van der Waals surface area (Å²) in [5.41, 5.74) is 0.608. The van der Waals surface area contributed by atoms with E-state index in [-0.39, 0.29) is 37.4 Å². The number of carbonyl (C=O) groups is 2. The van der Waals surface area contributed by atoms with Gasteiger partial charge in [-0.2, -0.15) is 0 Å². The van der Waals surface area contributed by atoms with Crippen molar-refractivity contribution >= 4 is 29.9 Å². The Labute approximate surface area is 159 Å². The Hall–Kier alpha value is -1.99. The van der Waals surface area contributed by atoms with E-state index in [9.17, 15) is 9.59 Å². The first-order valence-corrected chi connectivity index (χ1v) is 8.75. The summed E-state index contributed by atoms with van der Waals surface area (Å²) < 4.78 is 10.8. The largest absolute Gasteiger partial charge is 0.493 e. The van der Waals surface area contributed by atoms with Crippen LogP contribution in [0.2, 0.25) is 0 Å². The van der Waals surface area contributed by atoms with Gasteiger partial charge in [0.2, 0.25) is 5.91 Å². The molecule has 1 aromatic rings. The lowest BCUT2D eigenvalue weighted by Crippen LogP contribution is -2.30. The van der Waals surface area contributed by atoms with Crippen molar-refractivity contribution in [1.82, 2.24) is 10.6 Å². The van der Waals surface area contributed by atoms with E-state index in [1.807, 2.05) is 0 Å². The standard InChI is InChI=1S/C18H25N3O4.ClH/c1-24-15-7-6-14(21-17(22)10-19-9-12-2-3-12)8-16(15)25-11-18(23)20-13-4-5-13;/h6-8,12-13,19H,2-5,9-11H2,1H3,(H,20,23)(H,21,22);1H. The predicted octanol–water partition coefficient (Wildman–Crippen LogP) is 1.71. The van der Waals surface area contributed by atoms with E-state index in [0.29, 0.717) is 23.2 Å². The number of hydrogen-bond acceptors (Lipinski definition) is 5. The summed E-state index contributed by atoms with van der Waals surface area (Å²) in [4.78, 5) is 23.7. The molecule has 26 heavy (non-hydrogen) atoms. The Morgan fingerprint density at radius 2 is 1.88 bits per heavy atom. The van der Waals surface area contributed by atoms with Gasteiger partial charge in [0.1, 0.15) is 0 Å². The van der Waals surface area contributed by atoms with Crippen molar-refractivity contribution in [3.63, 3.8) is 0 Å². The predicted molar refractivity (Wildman–Crippen MR) is 101 cm³/mol. The van der Waals surface area contributed by atoms with Crippen molar-refractivity contribution in [2.24, 2.45) is 5.92 Å². The van der Waals surface area contributed by atoms with Crippen LogP contribution in [0.5, 0.6) is 11.5 Å². The zero-order valence-corrected chi connectivity index (χ0v) is 15.7. The normalized spacial score (nSPS) is 15.6. The number of hydrogen-bond donors (Lipinski definition) is 3. The van der Waals surface area contributed by atoms with Crippen LogP contribution in [0, 0.1) is 5.92 Å². The van der Waals surface area contributed by atoms with E-state index in [1.165, 1.54) is 20.0 Å². The molecule has 3 N–H and O–H groups in total. The highest BCUT2D eigenvalue weighted by Crippen LogP contribution is 2.30. The quantitative estimate of drug-likeness (QED) is 0.572. The summed E-state index contributed by atoms with van der Waals surface area (Å²) in [6, 6.07) is 5.42. The molecular weight excluding hydrogens is 358 g/mol. The van der Waals surface area contributed by atoms with Crippen LogP contribution in [0.25, 0.3) is 0 Å². The van der Waals surface area contributed by atoms with Crippen molar-refractivity contribution < 1.29 is 19.1 Å². The average Bonchev–Trinajstić information content (AvgIpc) is 3.49. The molecule has 144 valence electrons. The Balaban J connectivity index is 0.00000243. The molecule has 2 aliphatic rings. The van der Waals surface area contributed by atoms with Gasteiger partial charge in [-0.1, -0.05) is 0 Å². The maximum absolute atomic E-state index is 12.0. The summed E-state index contributed by atoms with van der Waals surface area (Å²) >= 11 is 0. The number of anilines is 1. The zero-order chi connectivity index (χ0) is 17.6. The minimum atomic E-state index is -0.150. The van der Waals surface area contributed by atoms with E-state index in [1.54, 1.807) is 18.2 Å². The molecule has 0 bridgehead atoms. The lowest BCUT2D eigenvalue weighted by molar-refractivity contribution is -0.123. The Morgan fingerprint density at radius 3 is 2.54 bits per heavy atom. The molecule has 0 spiro atoms. The third-order valence-electron chi connectivity index (χ3n) is 4.16. The van der Waals surface area contributed by atoms with Gasteiger partial charge in [0.15, 0.2) is 18.1 Å². The molecule has 2 aliphatic carbocycles. The smallest absolute Gasteiger partial charge is 0.258 e. The summed E-state index contributed by atoms with van der Waals surface area (Å²) in [6.45, 7) is 1.09. The number of nitrogens with one attached hydrogen (secondary N) is 3. The van der Waals surface area contributed by atoms with Gasteiger partial charge in [-0.15, -0.1) is 12.4 Å². The number of halogens is 1. The van der Waals surface area contributed by atoms with Crippen molar-refractivity contribution in [2.75, 3.05) is 32.1 Å². The SMILES string of the molecule is COc1ccc(NC(=O)CNCC2CC2)cc1OCC(=O)NC1CC1.Cl. The molecule has 0 heterocycles. The number of methoxy groups -OCH3 is 1. The molecule has 3 rings (SSSR count). The molecule has 2 fully saturated rings. The van der Waals surface area contributed by atoms with E-state index < -0.39 is 0 Å². The first-order valence-electron chi connectivity index (χ1n) is 8.75. The fraction of sp³-hybridized carbons (Fsp3) is 0.556. The number of ether oxygens (including phenoxy) is 2. The third-order valence-corrected chi connectivity index (χ3v) is 4.16. The minimum Gasteiger partial charge on any atom is -0.493 e. The van der Waals surface area contributed by atoms with Crippen molar-refractivity contribution in [2.45, 2.75) is 31.7 Å². The zero-order valence-electron chi connectivity index (χ0n) is 14.9. The molecule has 2 saturated carbocycles. The molecule has 0 radical (unpaired) electrons. The summed E-state index contributed by atoms with van der Waals surface area (Å²) in [5, 5.41) is 8.83. The summed E-state index contributed by atoms with van der Waals surface area (Å²) in [5.74, 6) is 1.42. The van der Waals surface area contributed by atoms with E-state index in [2.05, 4.69) is 16.0 Å². The van der Waals surface area contributed by atoms with Crippen molar-refractivity contribution in [1.29, 1.82) is 0 Å². The van der Waals surface area contributed by atoms with Gasteiger partial charge in [0, 0.05) is 17.8 Å². The fourth-order valence-electron chi connectivity index (χ4n) is 2.42. The van der Waals surface area contributed by atoms with Crippen LogP contribution in [0.15, 0.2) is 18.2 Å². The maximum atomic E-state index is 12.0. The van der Waals surface area contributed by atoms with Crippen LogP contribution in [-0.4, -0.2) is 44.7 Å². The first kappa shape index (κ1) is 20.3. The molecule has 2 amide bonds. The van der Waals surface area contributed by atoms with Crippen LogP contribution < -0.4 is 25.4 Å². The van der Waals surface area contributed by atoms with Crippen molar-refractivity contribution in [3.05, 3.63) is 18.2 Å². The summed E-state index contributed by atoms with van der Waals surface area (Å²) in [6.07, 6.45) is 4.57. The second-order valence-electron chi connectivity index (χ2n) is 6.62. The Bertz CT molecular complexity index is 633. The molecule has 0 unspecified atom stereocenters. The molecule has 7 nitrogen and oxygen atoms in total. The topological polar surface area (TPSA) is 88.7 Å². The van der Waals surface area contributed by atoms with E-state index in [4.69, 9.17) is 9.47 Å². The number of benzene rings is 1. The maximum Gasteiger partial charge on any atom is 0.258 e. The number of carbonyl (C=O) groups excluding carboxylic acids is 2. The third kappa shape index (κ3) is 6.72. The van der Waals surface area contributed by atoms with Gasteiger partial charge >= 0.3 is 0 Å². The second kappa shape index (κ2) is 9.64. The monoisotopic (exact) mass is 383 g/mol. The fourth-order valence-corrected chi connectivity index (χ4v) is 2.42. The van der Waals surface area contributed by atoms with Gasteiger partial charge in [-0.3, -0.25) is 9.59 Å². The highest BCUT2D eigenvalue weighted by Gasteiger charge is 2.23. The highest BCUT2D eigenvalue weighted by molar-refractivity contribution is 5.92. The number of amides is 2. The van der Waals surface area contributed by atoms with Crippen LogP contribution in [0.3, 0.4) is 0 Å². The van der Waals surface area contributed by atoms with Crippen LogP contribution in [0.1, 0.15) is 25.7 Å². The molecule has 0 aliphatic heterocycles. The van der Waals surface area contributed by atoms with Gasteiger partial charge in [-0.05, 0) is 50.3 Å². The van der Waals surface area contributed by atoms with Crippen LogP contribution in [-0.2, 0) is 9.59 Å². The molecule has 0 atom stereocenters. The summed E-state index contributed by atoms with van der Waals surface area (Å²) in [7, 11) is 1.53. The minimum absolute atomic E-state index is 0. The molecule has 0 saturated heterocycles. The van der Waals surface area contributed by atoms with E-state index >= 15 is 0 Å².